The summed E-state index contributed by atoms with van der Waals surface area (Å²) in [5, 5.41) is 10.0. The highest BCUT2D eigenvalue weighted by atomic mass is 16.6. The van der Waals surface area contributed by atoms with Crippen LogP contribution in [0.25, 0.3) is 11.1 Å². The second-order valence-electron chi connectivity index (χ2n) is 9.85. The number of carboxylic acids is 1. The van der Waals surface area contributed by atoms with Gasteiger partial charge >= 0.3 is 18.2 Å². The first-order chi connectivity index (χ1) is 16.0. The molecule has 2 aromatic carbocycles. The number of nitrogens with zero attached hydrogens (tertiary/aromatic N) is 2. The summed E-state index contributed by atoms with van der Waals surface area (Å²) in [5.74, 6) is -1.32. The summed E-state index contributed by atoms with van der Waals surface area (Å²) in [5.41, 5.74) is 2.08. The number of amides is 2. The molecule has 2 aromatic rings. The Labute approximate surface area is 199 Å². The van der Waals surface area contributed by atoms with Crippen molar-refractivity contribution < 1.29 is 29.0 Å². The number of carbonyl (C=O) groups is 3. The normalized spacial score (nSPS) is 19.4. The van der Waals surface area contributed by atoms with Gasteiger partial charge in [0.05, 0.1) is 6.54 Å². The van der Waals surface area contributed by atoms with Crippen LogP contribution in [-0.4, -0.2) is 70.9 Å². The molecule has 2 aliphatic rings. The lowest BCUT2D eigenvalue weighted by Gasteiger charge is -2.34. The van der Waals surface area contributed by atoms with Crippen molar-refractivity contribution in [3.05, 3.63) is 59.7 Å². The molecule has 180 valence electrons. The molecule has 1 atom stereocenters. The number of carboxylic acid groups (broad SMARTS) is 1. The smallest absolute Gasteiger partial charge is 0.410 e. The number of rotatable bonds is 4. The van der Waals surface area contributed by atoms with E-state index >= 15 is 0 Å². The third-order valence-corrected chi connectivity index (χ3v) is 6.55. The molecule has 1 unspecified atom stereocenters. The van der Waals surface area contributed by atoms with E-state index in [1.165, 1.54) is 11.9 Å². The number of aliphatic carboxylic acids is 1. The molecular formula is C26H30N2O6. The van der Waals surface area contributed by atoms with E-state index in [1.807, 2.05) is 48.5 Å². The fraction of sp³-hybridized carbons (Fsp3) is 0.423. The molecule has 8 nitrogen and oxygen atoms in total. The number of likely N-dealkylation sites (tertiary alicyclic amines) is 1. The predicted molar refractivity (Wildman–Crippen MR) is 126 cm³/mol. The van der Waals surface area contributed by atoms with E-state index in [1.54, 1.807) is 20.8 Å². The Hall–Kier alpha value is -3.55. The molecule has 2 amide bonds. The van der Waals surface area contributed by atoms with Crippen LogP contribution < -0.4 is 0 Å². The lowest BCUT2D eigenvalue weighted by atomic mass is 9.97. The third kappa shape index (κ3) is 4.20. The number of hydrogen-bond acceptors (Lipinski definition) is 5. The molecule has 1 heterocycles. The van der Waals surface area contributed by atoms with Crippen molar-refractivity contribution in [1.29, 1.82) is 0 Å². The van der Waals surface area contributed by atoms with E-state index in [0.717, 1.165) is 27.2 Å². The van der Waals surface area contributed by atoms with Crippen molar-refractivity contribution >= 4 is 18.2 Å². The van der Waals surface area contributed by atoms with Crippen LogP contribution in [0.4, 0.5) is 9.59 Å². The van der Waals surface area contributed by atoms with Crippen molar-refractivity contribution in [2.75, 3.05) is 26.7 Å². The summed E-state index contributed by atoms with van der Waals surface area (Å²) in [7, 11) is 1.41. The summed E-state index contributed by atoms with van der Waals surface area (Å²) in [6.45, 7) is 5.32. The number of carbonyl (C=O) groups excluding carboxylic acids is 2. The molecule has 4 rings (SSSR count). The molecule has 0 aromatic heterocycles. The SMILES string of the molecule is CN(C(=O)OCC1c2ccccc2-c2ccccc21)C1(C(=O)O)CCN(C(=O)OC(C)(C)C)C1. The molecule has 8 heteroatoms. The summed E-state index contributed by atoms with van der Waals surface area (Å²) in [4.78, 5) is 40.2. The van der Waals surface area contributed by atoms with Crippen LogP contribution in [0.3, 0.4) is 0 Å². The molecule has 0 saturated carbocycles. The van der Waals surface area contributed by atoms with Gasteiger partial charge in [-0.05, 0) is 43.0 Å². The maximum atomic E-state index is 13.0. The minimum Gasteiger partial charge on any atom is -0.479 e. The van der Waals surface area contributed by atoms with Gasteiger partial charge in [0, 0.05) is 25.9 Å². The number of benzene rings is 2. The molecule has 34 heavy (non-hydrogen) atoms. The van der Waals surface area contributed by atoms with Crippen LogP contribution in [0.2, 0.25) is 0 Å². The lowest BCUT2D eigenvalue weighted by molar-refractivity contribution is -0.149. The molecule has 1 fully saturated rings. The highest BCUT2D eigenvalue weighted by Gasteiger charge is 2.52. The fourth-order valence-electron chi connectivity index (χ4n) is 4.73. The summed E-state index contributed by atoms with van der Waals surface area (Å²) in [6, 6.07) is 16.0. The third-order valence-electron chi connectivity index (χ3n) is 6.55. The van der Waals surface area contributed by atoms with E-state index in [0.29, 0.717) is 0 Å². The van der Waals surface area contributed by atoms with Gasteiger partial charge in [0.15, 0.2) is 5.54 Å². The summed E-state index contributed by atoms with van der Waals surface area (Å²) < 4.78 is 11.0. The van der Waals surface area contributed by atoms with Crippen molar-refractivity contribution in [2.45, 2.75) is 44.2 Å². The van der Waals surface area contributed by atoms with E-state index in [4.69, 9.17) is 9.47 Å². The lowest BCUT2D eigenvalue weighted by Crippen LogP contribution is -2.57. The first kappa shape index (κ1) is 23.6. The molecule has 1 saturated heterocycles. The monoisotopic (exact) mass is 466 g/mol. The Morgan fingerprint density at radius 1 is 1.06 bits per heavy atom. The highest BCUT2D eigenvalue weighted by molar-refractivity contribution is 5.86. The Morgan fingerprint density at radius 3 is 2.15 bits per heavy atom. The number of ether oxygens (including phenoxy) is 2. The van der Waals surface area contributed by atoms with Crippen molar-refractivity contribution in [2.24, 2.45) is 0 Å². The predicted octanol–water partition coefficient (Wildman–Crippen LogP) is 4.33. The van der Waals surface area contributed by atoms with Crippen LogP contribution in [0.1, 0.15) is 44.2 Å². The van der Waals surface area contributed by atoms with Crippen molar-refractivity contribution in [1.82, 2.24) is 9.80 Å². The maximum absolute atomic E-state index is 13.0. The van der Waals surface area contributed by atoms with E-state index in [2.05, 4.69) is 0 Å². The average molecular weight is 467 g/mol. The zero-order valence-corrected chi connectivity index (χ0v) is 19.9. The highest BCUT2D eigenvalue weighted by Crippen LogP contribution is 2.44. The Kier molecular flexibility index (Phi) is 6.02. The number of fused-ring (bicyclic) bond motifs is 3. The number of likely N-dealkylation sites (N-methyl/N-ethyl adjacent to an activating group) is 1. The van der Waals surface area contributed by atoms with Crippen LogP contribution in [0, 0.1) is 0 Å². The first-order valence-electron chi connectivity index (χ1n) is 11.3. The van der Waals surface area contributed by atoms with Gasteiger partial charge in [-0.2, -0.15) is 0 Å². The molecule has 1 aliphatic carbocycles. The van der Waals surface area contributed by atoms with Gasteiger partial charge in [-0.3, -0.25) is 4.90 Å². The van der Waals surface area contributed by atoms with Crippen LogP contribution in [0.15, 0.2) is 48.5 Å². The van der Waals surface area contributed by atoms with Crippen molar-refractivity contribution in [3.8, 4) is 11.1 Å². The largest absolute Gasteiger partial charge is 0.479 e. The number of hydrogen-bond donors (Lipinski definition) is 1. The van der Waals surface area contributed by atoms with E-state index in [9.17, 15) is 19.5 Å². The summed E-state index contributed by atoms with van der Waals surface area (Å²) >= 11 is 0. The second kappa shape index (κ2) is 8.66. The van der Waals surface area contributed by atoms with Gasteiger partial charge in [-0.25, -0.2) is 14.4 Å². The van der Waals surface area contributed by atoms with Gasteiger partial charge in [0.25, 0.3) is 0 Å². The Balaban J connectivity index is 1.48. The first-order valence-corrected chi connectivity index (χ1v) is 11.3. The maximum Gasteiger partial charge on any atom is 0.410 e. The Morgan fingerprint density at radius 2 is 1.62 bits per heavy atom. The standard InChI is InChI=1S/C26H30N2O6/c1-25(2,3)34-24(32)28-14-13-26(16-28,22(29)30)27(4)23(31)33-15-21-19-11-7-5-9-17(19)18-10-6-8-12-20(18)21/h5-12,21H,13-16H2,1-4H3,(H,29,30). The quantitative estimate of drug-likeness (QED) is 0.720. The van der Waals surface area contributed by atoms with Crippen LogP contribution >= 0.6 is 0 Å². The molecule has 1 aliphatic heterocycles. The topological polar surface area (TPSA) is 96.4 Å². The second-order valence-corrected chi connectivity index (χ2v) is 9.85. The van der Waals surface area contributed by atoms with Gasteiger partial charge < -0.3 is 19.5 Å². The molecule has 1 N–H and O–H groups in total. The van der Waals surface area contributed by atoms with Crippen LogP contribution in [-0.2, 0) is 14.3 Å². The molecule has 0 spiro atoms. The Bertz CT molecular complexity index is 1080. The zero-order chi connectivity index (χ0) is 24.7. The van der Waals surface area contributed by atoms with E-state index in [-0.39, 0.29) is 32.0 Å². The van der Waals surface area contributed by atoms with Gasteiger partial charge in [-0.15, -0.1) is 0 Å². The van der Waals surface area contributed by atoms with Gasteiger partial charge in [0.2, 0.25) is 0 Å². The fourth-order valence-corrected chi connectivity index (χ4v) is 4.73. The van der Waals surface area contributed by atoms with E-state index < -0.39 is 29.3 Å². The minimum absolute atomic E-state index is 0.0856. The van der Waals surface area contributed by atoms with Crippen LogP contribution in [0.5, 0.6) is 0 Å². The zero-order valence-electron chi connectivity index (χ0n) is 19.9. The van der Waals surface area contributed by atoms with Gasteiger partial charge in [0.1, 0.15) is 12.2 Å². The summed E-state index contributed by atoms with van der Waals surface area (Å²) in [6.07, 6.45) is -1.26. The van der Waals surface area contributed by atoms with Gasteiger partial charge in [-0.1, -0.05) is 48.5 Å². The molecule has 0 bridgehead atoms. The average Bonchev–Trinajstić information content (AvgIpc) is 3.37. The van der Waals surface area contributed by atoms with Crippen molar-refractivity contribution in [3.63, 3.8) is 0 Å². The molecular weight excluding hydrogens is 436 g/mol. The molecule has 0 radical (unpaired) electrons. The minimum atomic E-state index is -1.58.